The molecule has 2 aromatic carbocycles. The lowest BCUT2D eigenvalue weighted by molar-refractivity contribution is -0.134. The molecule has 0 unspecified atom stereocenters. The van der Waals surface area contributed by atoms with Crippen LogP contribution in [0.15, 0.2) is 54.6 Å². The molecule has 0 atom stereocenters. The summed E-state index contributed by atoms with van der Waals surface area (Å²) in [5.41, 5.74) is 15.0. The van der Waals surface area contributed by atoms with E-state index in [1.165, 1.54) is 5.01 Å². The highest BCUT2D eigenvalue weighted by atomic mass is 16.6. The van der Waals surface area contributed by atoms with Crippen LogP contribution >= 0.6 is 0 Å². The molecule has 2 rings (SSSR count). The number of nitrogens with one attached hydrogen (secondary N) is 2. The number of para-hydroxylation sites is 1. The van der Waals surface area contributed by atoms with E-state index in [2.05, 4.69) is 5.43 Å². The summed E-state index contributed by atoms with van der Waals surface area (Å²) in [7, 11) is 0. The fraction of sp³-hybridized carbons (Fsp3) is 0.375. The number of nitrogens with two attached hydrogens (primary N) is 2. The first kappa shape index (κ1) is 25.7. The number of amidine groups is 1. The topological polar surface area (TPSA) is 144 Å². The van der Waals surface area contributed by atoms with Crippen LogP contribution < -0.4 is 21.6 Å². The summed E-state index contributed by atoms with van der Waals surface area (Å²) >= 11 is 0. The second-order valence-corrected chi connectivity index (χ2v) is 7.43. The summed E-state index contributed by atoms with van der Waals surface area (Å²) in [6.45, 7) is 1.22. The molecule has 0 saturated heterocycles. The number of amides is 2. The standard InChI is InChI=1S/C24H33N5O4/c25-15-8-2-5-14-22(30)29(28-24(31)33-18-19-10-3-1-4-11-19)16-9-17-32-21-13-7-6-12-20(21)23(26)27/h1,3-4,6-7,10-13H,2,5,8-9,14-18,25H2,(H3,26,27)(H,28,31). The maximum Gasteiger partial charge on any atom is 0.426 e. The minimum atomic E-state index is -0.697. The zero-order valence-electron chi connectivity index (χ0n) is 18.8. The lowest BCUT2D eigenvalue weighted by atomic mass is 10.2. The molecular weight excluding hydrogens is 422 g/mol. The zero-order valence-corrected chi connectivity index (χ0v) is 18.8. The highest BCUT2D eigenvalue weighted by molar-refractivity contribution is 5.97. The number of hydrogen-bond acceptors (Lipinski definition) is 6. The Morgan fingerprint density at radius 1 is 0.970 bits per heavy atom. The van der Waals surface area contributed by atoms with Gasteiger partial charge in [-0.3, -0.25) is 15.2 Å². The van der Waals surface area contributed by atoms with Gasteiger partial charge in [0.15, 0.2) is 0 Å². The summed E-state index contributed by atoms with van der Waals surface area (Å²) in [6.07, 6.45) is 2.45. The van der Waals surface area contributed by atoms with Gasteiger partial charge in [0.25, 0.3) is 0 Å². The summed E-state index contributed by atoms with van der Waals surface area (Å²) in [4.78, 5) is 24.9. The van der Waals surface area contributed by atoms with Crippen LogP contribution in [0.2, 0.25) is 0 Å². The van der Waals surface area contributed by atoms with Gasteiger partial charge < -0.3 is 20.9 Å². The molecule has 0 aliphatic carbocycles. The molecule has 2 aromatic rings. The average Bonchev–Trinajstić information content (AvgIpc) is 2.83. The SMILES string of the molecule is N=C(N)c1ccccc1OCCCN(NC(=O)OCc1ccccc1)C(=O)CCCCCN. The minimum Gasteiger partial charge on any atom is -0.493 e. The first-order valence-corrected chi connectivity index (χ1v) is 11.0. The second-order valence-electron chi connectivity index (χ2n) is 7.43. The van der Waals surface area contributed by atoms with E-state index < -0.39 is 6.09 Å². The quantitative estimate of drug-likeness (QED) is 0.158. The Bertz CT molecular complexity index is 891. The molecule has 0 radical (unpaired) electrons. The van der Waals surface area contributed by atoms with Crippen LogP contribution in [0.4, 0.5) is 4.79 Å². The van der Waals surface area contributed by atoms with Crippen molar-refractivity contribution in [3.05, 3.63) is 65.7 Å². The molecule has 9 heteroatoms. The van der Waals surface area contributed by atoms with Crippen molar-refractivity contribution in [2.24, 2.45) is 11.5 Å². The molecule has 9 nitrogen and oxygen atoms in total. The Balaban J connectivity index is 1.87. The smallest absolute Gasteiger partial charge is 0.426 e. The maximum atomic E-state index is 12.7. The predicted octanol–water partition coefficient (Wildman–Crippen LogP) is 2.93. The van der Waals surface area contributed by atoms with E-state index >= 15 is 0 Å². The Morgan fingerprint density at radius 3 is 2.42 bits per heavy atom. The maximum absolute atomic E-state index is 12.7. The van der Waals surface area contributed by atoms with Crippen molar-refractivity contribution in [1.82, 2.24) is 10.4 Å². The molecule has 2 amide bonds. The molecular formula is C24H33N5O4. The highest BCUT2D eigenvalue weighted by Gasteiger charge is 2.17. The van der Waals surface area contributed by atoms with E-state index in [-0.39, 0.29) is 31.5 Å². The molecule has 0 saturated carbocycles. The van der Waals surface area contributed by atoms with E-state index in [9.17, 15) is 9.59 Å². The van der Waals surface area contributed by atoms with Crippen molar-refractivity contribution in [1.29, 1.82) is 5.41 Å². The van der Waals surface area contributed by atoms with Crippen LogP contribution in [0.25, 0.3) is 0 Å². The van der Waals surface area contributed by atoms with E-state index in [0.29, 0.717) is 37.1 Å². The molecule has 0 aromatic heterocycles. The predicted molar refractivity (Wildman–Crippen MR) is 127 cm³/mol. The van der Waals surface area contributed by atoms with Crippen LogP contribution in [0.1, 0.15) is 43.2 Å². The molecule has 33 heavy (non-hydrogen) atoms. The second kappa shape index (κ2) is 14.5. The van der Waals surface area contributed by atoms with Crippen LogP contribution in [-0.2, 0) is 16.1 Å². The van der Waals surface area contributed by atoms with Crippen molar-refractivity contribution in [3.63, 3.8) is 0 Å². The van der Waals surface area contributed by atoms with Crippen LogP contribution in [0, 0.1) is 5.41 Å². The molecule has 0 aliphatic heterocycles. The Morgan fingerprint density at radius 2 is 1.70 bits per heavy atom. The van der Waals surface area contributed by atoms with E-state index in [0.717, 1.165) is 18.4 Å². The van der Waals surface area contributed by atoms with Gasteiger partial charge in [-0.15, -0.1) is 0 Å². The van der Waals surface area contributed by atoms with E-state index in [1.807, 2.05) is 30.3 Å². The summed E-state index contributed by atoms with van der Waals surface area (Å²) < 4.78 is 11.0. The van der Waals surface area contributed by atoms with Crippen molar-refractivity contribution >= 4 is 17.8 Å². The fourth-order valence-corrected chi connectivity index (χ4v) is 3.06. The van der Waals surface area contributed by atoms with Crippen molar-refractivity contribution in [3.8, 4) is 5.75 Å². The third kappa shape index (κ3) is 9.61. The molecule has 0 bridgehead atoms. The summed E-state index contributed by atoms with van der Waals surface area (Å²) in [5.74, 6) is 0.218. The molecule has 0 heterocycles. The molecule has 0 fully saturated rings. The normalized spacial score (nSPS) is 10.3. The zero-order chi connectivity index (χ0) is 23.9. The number of nitrogens with zero attached hydrogens (tertiary/aromatic N) is 1. The van der Waals surface area contributed by atoms with Crippen LogP contribution in [-0.4, -0.2) is 42.5 Å². The number of carbonyl (C=O) groups excluding carboxylic acids is 2. The van der Waals surface area contributed by atoms with Gasteiger partial charge in [0.1, 0.15) is 18.2 Å². The Kier molecular flexibility index (Phi) is 11.3. The molecule has 0 spiro atoms. The number of hydrogen-bond donors (Lipinski definition) is 4. The number of rotatable bonds is 13. The average molecular weight is 456 g/mol. The van der Waals surface area contributed by atoms with Gasteiger partial charge in [0.2, 0.25) is 5.91 Å². The highest BCUT2D eigenvalue weighted by Crippen LogP contribution is 2.17. The molecule has 6 N–H and O–H groups in total. The van der Waals surface area contributed by atoms with Crippen molar-refractivity contribution in [2.75, 3.05) is 19.7 Å². The largest absolute Gasteiger partial charge is 0.493 e. The summed E-state index contributed by atoms with van der Waals surface area (Å²) in [5, 5.41) is 8.90. The third-order valence-corrected chi connectivity index (χ3v) is 4.80. The number of benzene rings is 2. The van der Waals surface area contributed by atoms with Crippen molar-refractivity contribution in [2.45, 2.75) is 38.7 Å². The number of nitrogen functional groups attached to an aromatic ring is 1. The van der Waals surface area contributed by atoms with E-state index in [1.54, 1.807) is 24.3 Å². The Labute approximate surface area is 194 Å². The number of hydrazine groups is 1. The van der Waals surface area contributed by atoms with Gasteiger partial charge in [0, 0.05) is 19.4 Å². The number of carbonyl (C=O) groups is 2. The van der Waals surface area contributed by atoms with Crippen molar-refractivity contribution < 1.29 is 19.1 Å². The molecule has 178 valence electrons. The van der Waals surface area contributed by atoms with Crippen LogP contribution in [0.3, 0.4) is 0 Å². The van der Waals surface area contributed by atoms with Gasteiger partial charge >= 0.3 is 6.09 Å². The Hall–Kier alpha value is -3.59. The van der Waals surface area contributed by atoms with E-state index in [4.69, 9.17) is 26.4 Å². The van der Waals surface area contributed by atoms with Crippen LogP contribution in [0.5, 0.6) is 5.75 Å². The van der Waals surface area contributed by atoms with Gasteiger partial charge in [-0.25, -0.2) is 10.2 Å². The molecule has 0 aliphatic rings. The van der Waals surface area contributed by atoms with Gasteiger partial charge in [-0.2, -0.15) is 0 Å². The number of ether oxygens (including phenoxy) is 2. The van der Waals surface area contributed by atoms with Gasteiger partial charge in [0.05, 0.1) is 12.2 Å². The van der Waals surface area contributed by atoms with Gasteiger partial charge in [-0.1, -0.05) is 48.9 Å². The third-order valence-electron chi connectivity index (χ3n) is 4.80. The monoisotopic (exact) mass is 455 g/mol. The minimum absolute atomic E-state index is 0.0808. The lowest BCUT2D eigenvalue weighted by Crippen LogP contribution is -2.47. The van der Waals surface area contributed by atoms with Gasteiger partial charge in [-0.05, 0) is 37.1 Å². The lowest BCUT2D eigenvalue weighted by Gasteiger charge is -2.23. The fourth-order valence-electron chi connectivity index (χ4n) is 3.06. The first-order valence-electron chi connectivity index (χ1n) is 11.0. The number of unbranched alkanes of at least 4 members (excludes halogenated alkanes) is 2. The first-order chi connectivity index (χ1) is 16.0. The summed E-state index contributed by atoms with van der Waals surface area (Å²) in [6, 6.07) is 16.3.